The zero-order valence-electron chi connectivity index (χ0n) is 16.4. The van der Waals surface area contributed by atoms with E-state index in [9.17, 15) is 9.90 Å². The van der Waals surface area contributed by atoms with Crippen LogP contribution in [0, 0.1) is 13.8 Å². The number of ether oxygens (including phenoxy) is 1. The predicted octanol–water partition coefficient (Wildman–Crippen LogP) is 3.88. The number of carboxylic acid groups (broad SMARTS) is 1. The molecule has 0 aliphatic heterocycles. The highest BCUT2D eigenvalue weighted by molar-refractivity contribution is 5.99. The molecule has 0 amide bonds. The van der Waals surface area contributed by atoms with E-state index in [1.54, 1.807) is 31.4 Å². The molecule has 2 heterocycles. The number of carboxylic acids is 1. The van der Waals surface area contributed by atoms with Crippen molar-refractivity contribution in [3.63, 3.8) is 0 Å². The summed E-state index contributed by atoms with van der Waals surface area (Å²) in [6.07, 6.45) is 0.993. The molecule has 0 bridgehead atoms. The van der Waals surface area contributed by atoms with Crippen molar-refractivity contribution in [2.45, 2.75) is 40.3 Å². The molecule has 8 nitrogen and oxygen atoms in total. The Morgan fingerprint density at radius 2 is 2.00 bits per heavy atom. The van der Waals surface area contributed by atoms with Crippen molar-refractivity contribution < 1.29 is 19.2 Å². The van der Waals surface area contributed by atoms with Crippen LogP contribution in [0.25, 0.3) is 11.3 Å². The molecule has 148 valence electrons. The van der Waals surface area contributed by atoms with Crippen LogP contribution in [0.5, 0.6) is 5.75 Å². The highest BCUT2D eigenvalue weighted by atomic mass is 16.5. The van der Waals surface area contributed by atoms with Crippen LogP contribution in [0.2, 0.25) is 0 Å². The van der Waals surface area contributed by atoms with Gasteiger partial charge in [0.1, 0.15) is 5.75 Å². The fourth-order valence-electron chi connectivity index (χ4n) is 3.14. The van der Waals surface area contributed by atoms with Crippen LogP contribution in [0.4, 0.5) is 5.82 Å². The van der Waals surface area contributed by atoms with Gasteiger partial charge in [-0.15, -0.1) is 0 Å². The molecule has 0 aliphatic carbocycles. The smallest absolute Gasteiger partial charge is 0.343 e. The maximum Gasteiger partial charge on any atom is 0.343 e. The summed E-state index contributed by atoms with van der Waals surface area (Å²) in [5, 5.41) is 21.3. The van der Waals surface area contributed by atoms with E-state index in [0.29, 0.717) is 17.9 Å². The van der Waals surface area contributed by atoms with Gasteiger partial charge in [0.05, 0.1) is 12.8 Å². The van der Waals surface area contributed by atoms with Gasteiger partial charge in [0.15, 0.2) is 17.1 Å². The number of anilines is 1. The molecule has 0 radical (unpaired) electrons. The lowest BCUT2D eigenvalue weighted by atomic mass is 10.1. The van der Waals surface area contributed by atoms with Gasteiger partial charge in [-0.3, -0.25) is 4.68 Å². The second-order valence-corrected chi connectivity index (χ2v) is 6.50. The Labute approximate surface area is 163 Å². The van der Waals surface area contributed by atoms with Gasteiger partial charge in [-0.05, 0) is 44.5 Å². The van der Waals surface area contributed by atoms with Gasteiger partial charge in [-0.25, -0.2) is 4.79 Å². The molecule has 0 unspecified atom stereocenters. The van der Waals surface area contributed by atoms with Crippen LogP contribution in [-0.4, -0.2) is 33.1 Å². The molecule has 3 aromatic rings. The summed E-state index contributed by atoms with van der Waals surface area (Å²) in [6, 6.07) is 6.95. The molecule has 2 N–H and O–H groups in total. The third-order valence-electron chi connectivity index (χ3n) is 4.66. The number of hydrogen-bond donors (Lipinski definition) is 2. The molecule has 0 atom stereocenters. The summed E-state index contributed by atoms with van der Waals surface area (Å²) in [5.41, 5.74) is 3.61. The fourth-order valence-corrected chi connectivity index (χ4v) is 3.14. The summed E-state index contributed by atoms with van der Waals surface area (Å²) in [4.78, 5) is 11.9. The highest BCUT2D eigenvalue weighted by Gasteiger charge is 2.24. The molecule has 28 heavy (non-hydrogen) atoms. The third kappa shape index (κ3) is 3.71. The number of aromatic carboxylic acids is 1. The number of methoxy groups -OCH3 is 1. The predicted molar refractivity (Wildman–Crippen MR) is 105 cm³/mol. The first-order chi connectivity index (χ1) is 13.5. The van der Waals surface area contributed by atoms with Crippen LogP contribution in [-0.2, 0) is 13.1 Å². The monoisotopic (exact) mass is 384 g/mol. The van der Waals surface area contributed by atoms with Crippen molar-refractivity contribution in [2.75, 3.05) is 12.4 Å². The quantitative estimate of drug-likeness (QED) is 0.607. The van der Waals surface area contributed by atoms with Gasteiger partial charge in [-0.2, -0.15) is 5.10 Å². The van der Waals surface area contributed by atoms with Gasteiger partial charge < -0.3 is 19.7 Å². The summed E-state index contributed by atoms with van der Waals surface area (Å²) >= 11 is 0. The number of rotatable bonds is 8. The van der Waals surface area contributed by atoms with Gasteiger partial charge in [-0.1, -0.05) is 12.1 Å². The standard InChI is InChI=1S/C20H24N4O4/c1-5-10-24-13(3)16(12(2)22-24)11-21-19-17(20(25)26)18(28-23-19)14-6-8-15(27-4)9-7-14/h6-9H,5,10-11H2,1-4H3,(H,21,23)(H,25,26). The number of aryl methyl sites for hydroxylation is 2. The number of nitrogens with zero attached hydrogens (tertiary/aromatic N) is 3. The van der Waals surface area contributed by atoms with Gasteiger partial charge in [0, 0.05) is 29.9 Å². The Bertz CT molecular complexity index is 973. The topological polar surface area (TPSA) is 102 Å². The van der Waals surface area contributed by atoms with E-state index >= 15 is 0 Å². The minimum Gasteiger partial charge on any atom is -0.497 e. The summed E-state index contributed by atoms with van der Waals surface area (Å²) in [7, 11) is 1.57. The molecule has 0 saturated carbocycles. The normalized spacial score (nSPS) is 10.9. The van der Waals surface area contributed by atoms with E-state index in [4.69, 9.17) is 9.26 Å². The molecule has 0 fully saturated rings. The van der Waals surface area contributed by atoms with Crippen LogP contribution < -0.4 is 10.1 Å². The van der Waals surface area contributed by atoms with Gasteiger partial charge >= 0.3 is 5.97 Å². The summed E-state index contributed by atoms with van der Waals surface area (Å²) < 4.78 is 12.5. The molecule has 0 spiro atoms. The average molecular weight is 384 g/mol. The Balaban J connectivity index is 1.87. The first-order valence-electron chi connectivity index (χ1n) is 9.10. The van der Waals surface area contributed by atoms with E-state index in [1.165, 1.54) is 0 Å². The zero-order chi connectivity index (χ0) is 20.3. The molecule has 1 aromatic carbocycles. The lowest BCUT2D eigenvalue weighted by Gasteiger charge is -2.06. The molecule has 0 saturated heterocycles. The number of carbonyl (C=O) groups is 1. The lowest BCUT2D eigenvalue weighted by molar-refractivity contribution is 0.0698. The minimum absolute atomic E-state index is 0.00132. The van der Waals surface area contributed by atoms with E-state index in [1.807, 2.05) is 18.5 Å². The Morgan fingerprint density at radius 1 is 1.29 bits per heavy atom. The van der Waals surface area contributed by atoms with E-state index in [-0.39, 0.29) is 17.1 Å². The number of aromatic nitrogens is 3. The molecular weight excluding hydrogens is 360 g/mol. The van der Waals surface area contributed by atoms with Crippen LogP contribution in [0.1, 0.15) is 40.7 Å². The highest BCUT2D eigenvalue weighted by Crippen LogP contribution is 2.31. The Kier molecular flexibility index (Phi) is 5.67. The number of nitrogens with one attached hydrogen (secondary N) is 1. The molecule has 8 heteroatoms. The summed E-state index contributed by atoms with van der Waals surface area (Å²) in [6.45, 7) is 7.31. The second-order valence-electron chi connectivity index (χ2n) is 6.50. The van der Waals surface area contributed by atoms with E-state index in [2.05, 4.69) is 22.5 Å². The van der Waals surface area contributed by atoms with Crippen LogP contribution in [0.3, 0.4) is 0 Å². The largest absolute Gasteiger partial charge is 0.497 e. The minimum atomic E-state index is -1.11. The zero-order valence-corrected chi connectivity index (χ0v) is 16.4. The first kappa shape index (κ1) is 19.5. The van der Waals surface area contributed by atoms with Crippen molar-refractivity contribution in [3.05, 3.63) is 46.8 Å². The lowest BCUT2D eigenvalue weighted by Crippen LogP contribution is -2.08. The van der Waals surface area contributed by atoms with Crippen LogP contribution in [0.15, 0.2) is 28.8 Å². The van der Waals surface area contributed by atoms with Gasteiger partial charge in [0.2, 0.25) is 0 Å². The van der Waals surface area contributed by atoms with E-state index in [0.717, 1.165) is 29.9 Å². The Morgan fingerprint density at radius 3 is 2.61 bits per heavy atom. The van der Waals surface area contributed by atoms with Gasteiger partial charge in [0.25, 0.3) is 0 Å². The maximum absolute atomic E-state index is 11.9. The molecular formula is C20H24N4O4. The fraction of sp³-hybridized carbons (Fsp3) is 0.350. The Hall–Kier alpha value is -3.29. The van der Waals surface area contributed by atoms with Crippen molar-refractivity contribution in [3.8, 4) is 17.1 Å². The molecule has 0 aliphatic rings. The molecule has 3 rings (SSSR count). The summed E-state index contributed by atoms with van der Waals surface area (Å²) in [5.74, 6) is -0.0358. The average Bonchev–Trinajstić information content (AvgIpc) is 3.22. The third-order valence-corrected chi connectivity index (χ3v) is 4.66. The molecule has 2 aromatic heterocycles. The SMILES string of the molecule is CCCn1nc(C)c(CNc2noc(-c3ccc(OC)cc3)c2C(=O)O)c1C. The van der Waals surface area contributed by atoms with Crippen molar-refractivity contribution in [1.29, 1.82) is 0 Å². The number of benzene rings is 1. The first-order valence-corrected chi connectivity index (χ1v) is 9.10. The van der Waals surface area contributed by atoms with Crippen molar-refractivity contribution >= 4 is 11.8 Å². The van der Waals surface area contributed by atoms with Crippen LogP contribution >= 0.6 is 0 Å². The number of hydrogen-bond acceptors (Lipinski definition) is 6. The van der Waals surface area contributed by atoms with Crippen molar-refractivity contribution in [1.82, 2.24) is 14.9 Å². The van der Waals surface area contributed by atoms with Crippen molar-refractivity contribution in [2.24, 2.45) is 0 Å². The van der Waals surface area contributed by atoms with E-state index < -0.39 is 5.97 Å². The maximum atomic E-state index is 11.9. The second kappa shape index (κ2) is 8.16.